The van der Waals surface area contributed by atoms with Crippen LogP contribution >= 0.6 is 12.2 Å². The highest BCUT2D eigenvalue weighted by Gasteiger charge is 1.99. The molecule has 84 valence electrons. The molecule has 0 aromatic heterocycles. The van der Waals surface area contributed by atoms with E-state index in [1.807, 2.05) is 0 Å². The Balaban J connectivity index is 3.28. The van der Waals surface area contributed by atoms with E-state index in [4.69, 9.17) is 17.0 Å². The van der Waals surface area contributed by atoms with Crippen molar-refractivity contribution < 1.29 is 4.74 Å². The molecule has 4 heteroatoms. The average Bonchev–Trinajstić information content (AvgIpc) is 2.21. The average molecular weight is 218 g/mol. The van der Waals surface area contributed by atoms with Gasteiger partial charge in [-0.2, -0.15) is 0 Å². The fraction of sp³-hybridized carbons (Fsp3) is 0.900. The van der Waals surface area contributed by atoms with Crippen LogP contribution in [0.25, 0.3) is 0 Å². The van der Waals surface area contributed by atoms with Crippen LogP contribution in [0.15, 0.2) is 0 Å². The van der Waals surface area contributed by atoms with E-state index in [0.29, 0.717) is 5.92 Å². The summed E-state index contributed by atoms with van der Waals surface area (Å²) in [4.78, 5) is 0. The van der Waals surface area contributed by atoms with Gasteiger partial charge in [-0.15, -0.1) is 0 Å². The highest BCUT2D eigenvalue weighted by atomic mass is 32.1. The number of ether oxygens (including phenoxy) is 1. The Morgan fingerprint density at radius 3 is 2.71 bits per heavy atom. The zero-order valence-electron chi connectivity index (χ0n) is 9.43. The van der Waals surface area contributed by atoms with E-state index in [0.717, 1.165) is 31.2 Å². The molecule has 3 nitrogen and oxygen atoms in total. The summed E-state index contributed by atoms with van der Waals surface area (Å²) < 4.78 is 4.94. The van der Waals surface area contributed by atoms with Gasteiger partial charge in [-0.1, -0.05) is 20.3 Å². The van der Waals surface area contributed by atoms with E-state index in [9.17, 15) is 0 Å². The molecular formula is C10H22N2OS. The number of hydrogen-bond donors (Lipinski definition) is 2. The van der Waals surface area contributed by atoms with Gasteiger partial charge in [0.2, 0.25) is 0 Å². The first-order chi connectivity index (χ1) is 6.70. The maximum Gasteiger partial charge on any atom is 0.166 e. The standard InChI is InChI=1S/C10H22N2OS/c1-4-9(2)8-12-10(14)11-6-5-7-13-3/h9H,4-8H2,1-3H3,(H2,11,12,14). The van der Waals surface area contributed by atoms with E-state index in [1.54, 1.807) is 7.11 Å². The summed E-state index contributed by atoms with van der Waals surface area (Å²) in [6.07, 6.45) is 2.17. The molecular weight excluding hydrogens is 196 g/mol. The number of nitrogens with one attached hydrogen (secondary N) is 2. The van der Waals surface area contributed by atoms with Crippen molar-refractivity contribution in [2.45, 2.75) is 26.7 Å². The summed E-state index contributed by atoms with van der Waals surface area (Å²) in [6, 6.07) is 0. The summed E-state index contributed by atoms with van der Waals surface area (Å²) in [5, 5.41) is 7.08. The van der Waals surface area contributed by atoms with Gasteiger partial charge in [0.05, 0.1) is 0 Å². The quantitative estimate of drug-likeness (QED) is 0.501. The van der Waals surface area contributed by atoms with Gasteiger partial charge in [0, 0.05) is 26.8 Å². The Hall–Kier alpha value is -0.350. The maximum atomic E-state index is 5.11. The molecule has 0 amide bonds. The third-order valence-electron chi connectivity index (χ3n) is 2.12. The predicted molar refractivity (Wildman–Crippen MR) is 64.6 cm³/mol. The van der Waals surface area contributed by atoms with Crippen molar-refractivity contribution in [2.24, 2.45) is 5.92 Å². The molecule has 0 heterocycles. The van der Waals surface area contributed by atoms with E-state index in [1.165, 1.54) is 6.42 Å². The summed E-state index contributed by atoms with van der Waals surface area (Å²) in [5.41, 5.74) is 0. The number of hydrogen-bond acceptors (Lipinski definition) is 2. The topological polar surface area (TPSA) is 33.3 Å². The minimum absolute atomic E-state index is 0.675. The van der Waals surface area contributed by atoms with Crippen LogP contribution in [0.4, 0.5) is 0 Å². The predicted octanol–water partition coefficient (Wildman–Crippen LogP) is 1.53. The van der Waals surface area contributed by atoms with Crippen molar-refractivity contribution in [2.75, 3.05) is 26.8 Å². The molecule has 0 fully saturated rings. The second-order valence-corrected chi connectivity index (χ2v) is 3.90. The van der Waals surface area contributed by atoms with Crippen molar-refractivity contribution in [3.63, 3.8) is 0 Å². The molecule has 0 saturated carbocycles. The zero-order chi connectivity index (χ0) is 10.8. The molecule has 0 rings (SSSR count). The first-order valence-electron chi connectivity index (χ1n) is 5.21. The largest absolute Gasteiger partial charge is 0.385 e. The van der Waals surface area contributed by atoms with Gasteiger partial charge < -0.3 is 15.4 Å². The van der Waals surface area contributed by atoms with Gasteiger partial charge >= 0.3 is 0 Å². The van der Waals surface area contributed by atoms with Gasteiger partial charge in [-0.3, -0.25) is 0 Å². The van der Waals surface area contributed by atoms with E-state index in [2.05, 4.69) is 24.5 Å². The Bertz CT molecular complexity index is 153. The van der Waals surface area contributed by atoms with Gasteiger partial charge in [0.25, 0.3) is 0 Å². The molecule has 14 heavy (non-hydrogen) atoms. The van der Waals surface area contributed by atoms with Gasteiger partial charge in [-0.05, 0) is 24.6 Å². The molecule has 1 unspecified atom stereocenters. The van der Waals surface area contributed by atoms with Crippen LogP contribution in [0.1, 0.15) is 26.7 Å². The molecule has 0 aromatic rings. The monoisotopic (exact) mass is 218 g/mol. The van der Waals surface area contributed by atoms with Crippen LogP contribution in [0.2, 0.25) is 0 Å². The molecule has 0 radical (unpaired) electrons. The van der Waals surface area contributed by atoms with Crippen molar-refractivity contribution in [1.82, 2.24) is 10.6 Å². The Morgan fingerprint density at radius 1 is 1.43 bits per heavy atom. The second-order valence-electron chi connectivity index (χ2n) is 3.50. The fourth-order valence-electron chi connectivity index (χ4n) is 0.892. The van der Waals surface area contributed by atoms with Crippen LogP contribution in [0.3, 0.4) is 0 Å². The van der Waals surface area contributed by atoms with E-state index >= 15 is 0 Å². The smallest absolute Gasteiger partial charge is 0.166 e. The number of methoxy groups -OCH3 is 1. The van der Waals surface area contributed by atoms with Crippen LogP contribution in [-0.2, 0) is 4.74 Å². The molecule has 0 spiro atoms. The first-order valence-corrected chi connectivity index (χ1v) is 5.62. The molecule has 0 saturated heterocycles. The van der Waals surface area contributed by atoms with Crippen LogP contribution in [0, 0.1) is 5.92 Å². The van der Waals surface area contributed by atoms with Crippen molar-refractivity contribution in [1.29, 1.82) is 0 Å². The molecule has 0 bridgehead atoms. The van der Waals surface area contributed by atoms with Gasteiger partial charge in [0.15, 0.2) is 5.11 Å². The Labute approximate surface area is 92.6 Å². The van der Waals surface area contributed by atoms with Crippen LogP contribution < -0.4 is 10.6 Å². The van der Waals surface area contributed by atoms with Crippen molar-refractivity contribution in [3.05, 3.63) is 0 Å². The lowest BCUT2D eigenvalue weighted by molar-refractivity contribution is 0.195. The van der Waals surface area contributed by atoms with E-state index in [-0.39, 0.29) is 0 Å². The zero-order valence-corrected chi connectivity index (χ0v) is 10.2. The summed E-state index contributed by atoms with van der Waals surface area (Å²) in [7, 11) is 1.71. The molecule has 1 atom stereocenters. The van der Waals surface area contributed by atoms with Gasteiger partial charge in [0.1, 0.15) is 0 Å². The lowest BCUT2D eigenvalue weighted by atomic mass is 10.1. The molecule has 0 aliphatic heterocycles. The summed E-state index contributed by atoms with van der Waals surface area (Å²) >= 11 is 5.11. The Morgan fingerprint density at radius 2 is 2.14 bits per heavy atom. The minimum atomic E-state index is 0.675. The maximum absolute atomic E-state index is 5.11. The normalized spacial score (nSPS) is 12.2. The molecule has 0 aliphatic rings. The van der Waals surface area contributed by atoms with Gasteiger partial charge in [-0.25, -0.2) is 0 Å². The minimum Gasteiger partial charge on any atom is -0.385 e. The lowest BCUT2D eigenvalue weighted by Gasteiger charge is -2.13. The fourth-order valence-corrected chi connectivity index (χ4v) is 1.08. The molecule has 2 N–H and O–H groups in total. The second kappa shape index (κ2) is 9.21. The van der Waals surface area contributed by atoms with Crippen molar-refractivity contribution in [3.8, 4) is 0 Å². The number of thiocarbonyl (C=S) groups is 1. The third kappa shape index (κ3) is 8.26. The van der Waals surface area contributed by atoms with Crippen molar-refractivity contribution >= 4 is 17.3 Å². The number of rotatable bonds is 7. The lowest BCUT2D eigenvalue weighted by Crippen LogP contribution is -2.38. The summed E-state index contributed by atoms with van der Waals surface area (Å²) in [5.74, 6) is 0.675. The highest BCUT2D eigenvalue weighted by molar-refractivity contribution is 7.80. The van der Waals surface area contributed by atoms with Crippen LogP contribution in [0.5, 0.6) is 0 Å². The first kappa shape index (κ1) is 13.7. The SMILES string of the molecule is CCC(C)CNC(=S)NCCCOC. The summed E-state index contributed by atoms with van der Waals surface area (Å²) in [6.45, 7) is 7.00. The molecule has 0 aliphatic carbocycles. The molecule has 0 aromatic carbocycles. The van der Waals surface area contributed by atoms with E-state index < -0.39 is 0 Å². The highest BCUT2D eigenvalue weighted by Crippen LogP contribution is 1.96. The Kier molecular flexibility index (Phi) is 8.98. The van der Waals surface area contributed by atoms with Crippen LogP contribution in [-0.4, -0.2) is 31.9 Å². The third-order valence-corrected chi connectivity index (χ3v) is 2.41.